The average Bonchev–Trinajstić information content (AvgIpc) is 3.40. The second kappa shape index (κ2) is 8.50. The molecule has 1 saturated heterocycles. The maximum atomic E-state index is 13.3. The first-order valence-electron chi connectivity index (χ1n) is 10.8. The molecule has 1 fully saturated rings. The monoisotopic (exact) mass is 476 g/mol. The van der Waals surface area contributed by atoms with Crippen LogP contribution in [0.15, 0.2) is 66.7 Å². The summed E-state index contributed by atoms with van der Waals surface area (Å²) in [5.74, 6) is -0.564. The van der Waals surface area contributed by atoms with Crippen LogP contribution in [0.3, 0.4) is 0 Å². The van der Waals surface area contributed by atoms with Crippen LogP contribution >= 0.6 is 11.6 Å². The number of amides is 2. The second-order valence-electron chi connectivity index (χ2n) is 8.30. The Morgan fingerprint density at radius 1 is 1.06 bits per heavy atom. The quantitative estimate of drug-likeness (QED) is 0.532. The highest BCUT2D eigenvalue weighted by Crippen LogP contribution is 2.43. The van der Waals surface area contributed by atoms with E-state index in [0.29, 0.717) is 34.8 Å². The number of nitrogens with one attached hydrogen (secondary N) is 1. The van der Waals surface area contributed by atoms with Crippen molar-refractivity contribution in [1.29, 1.82) is 0 Å². The van der Waals surface area contributed by atoms with Crippen LogP contribution in [0.4, 0.5) is 10.5 Å². The highest BCUT2D eigenvalue weighted by molar-refractivity contribution is 6.34. The van der Waals surface area contributed by atoms with E-state index in [9.17, 15) is 14.4 Å². The van der Waals surface area contributed by atoms with Gasteiger partial charge in [-0.05, 0) is 41.5 Å². The SMILES string of the molecule is COC(=O)Nc1cccc(-c2ccc(C(=O)N3CC[C@@]4(C3)OC(=O)c3ccccc34)c(Cl)c2)c1. The van der Waals surface area contributed by atoms with E-state index in [0.717, 1.165) is 16.7 Å². The van der Waals surface area contributed by atoms with Gasteiger partial charge < -0.3 is 14.4 Å². The number of nitrogens with zero attached hydrogens (tertiary/aromatic N) is 1. The number of benzene rings is 3. The van der Waals surface area contributed by atoms with Crippen LogP contribution in [-0.2, 0) is 15.1 Å². The van der Waals surface area contributed by atoms with Crippen molar-refractivity contribution in [3.63, 3.8) is 0 Å². The Kier molecular flexibility index (Phi) is 5.49. The molecule has 2 aliphatic heterocycles. The topological polar surface area (TPSA) is 84.9 Å². The summed E-state index contributed by atoms with van der Waals surface area (Å²) in [6.45, 7) is 0.744. The molecule has 2 aliphatic rings. The average molecular weight is 477 g/mol. The van der Waals surface area contributed by atoms with E-state index in [2.05, 4.69) is 10.1 Å². The number of likely N-dealkylation sites (tertiary alicyclic amines) is 1. The van der Waals surface area contributed by atoms with Crippen LogP contribution in [0.5, 0.6) is 0 Å². The smallest absolute Gasteiger partial charge is 0.411 e. The van der Waals surface area contributed by atoms with Crippen LogP contribution in [0.25, 0.3) is 11.1 Å². The van der Waals surface area contributed by atoms with Crippen molar-refractivity contribution in [2.75, 3.05) is 25.5 Å². The lowest BCUT2D eigenvalue weighted by Crippen LogP contribution is -2.34. The van der Waals surface area contributed by atoms with Gasteiger partial charge in [-0.3, -0.25) is 10.1 Å². The molecular formula is C26H21ClN2O5. The molecule has 34 heavy (non-hydrogen) atoms. The largest absolute Gasteiger partial charge is 0.453 e. The van der Waals surface area contributed by atoms with Gasteiger partial charge in [0.2, 0.25) is 0 Å². The number of halogens is 1. The fourth-order valence-electron chi connectivity index (χ4n) is 4.59. The van der Waals surface area contributed by atoms with Crippen molar-refractivity contribution in [3.05, 3.63) is 88.4 Å². The molecule has 3 aromatic carbocycles. The molecule has 3 aromatic rings. The molecule has 1 atom stereocenters. The third-order valence-electron chi connectivity index (χ3n) is 6.27. The first-order chi connectivity index (χ1) is 16.4. The van der Waals surface area contributed by atoms with Crippen LogP contribution in [-0.4, -0.2) is 43.1 Å². The zero-order valence-corrected chi connectivity index (χ0v) is 19.1. The van der Waals surface area contributed by atoms with E-state index in [1.807, 2.05) is 24.3 Å². The second-order valence-corrected chi connectivity index (χ2v) is 8.71. The van der Waals surface area contributed by atoms with Gasteiger partial charge in [-0.15, -0.1) is 0 Å². The Balaban J connectivity index is 1.36. The molecule has 0 aromatic heterocycles. The first-order valence-corrected chi connectivity index (χ1v) is 11.1. The van der Waals surface area contributed by atoms with Gasteiger partial charge in [-0.25, -0.2) is 9.59 Å². The Morgan fingerprint density at radius 2 is 1.85 bits per heavy atom. The summed E-state index contributed by atoms with van der Waals surface area (Å²) in [6.07, 6.45) is -0.0212. The number of anilines is 1. The fraction of sp³-hybridized carbons (Fsp3) is 0.192. The van der Waals surface area contributed by atoms with E-state index in [1.165, 1.54) is 7.11 Å². The number of hydrogen-bond acceptors (Lipinski definition) is 5. The summed E-state index contributed by atoms with van der Waals surface area (Å²) in [5.41, 5.74) is 3.16. The molecule has 2 amide bonds. The van der Waals surface area contributed by atoms with Crippen molar-refractivity contribution in [3.8, 4) is 11.1 Å². The van der Waals surface area contributed by atoms with Crippen molar-refractivity contribution in [1.82, 2.24) is 4.90 Å². The molecule has 0 unspecified atom stereocenters. The van der Waals surface area contributed by atoms with Crippen molar-refractivity contribution >= 4 is 35.3 Å². The summed E-state index contributed by atoms with van der Waals surface area (Å²) < 4.78 is 10.4. The third kappa shape index (κ3) is 3.78. The standard InChI is InChI=1S/C26H21ClN2O5/c1-33-25(32)28-18-6-4-5-16(13-18)17-9-10-20(22(27)14-17)23(30)29-12-11-26(15-29)21-8-3-2-7-19(21)24(31)34-26/h2-10,13-14H,11-12,15H2,1H3,(H,28,32)/t26-/m0/s1. The van der Waals surface area contributed by atoms with E-state index < -0.39 is 11.7 Å². The molecule has 0 radical (unpaired) electrons. The van der Waals surface area contributed by atoms with Gasteiger partial charge in [0.15, 0.2) is 5.60 Å². The van der Waals surface area contributed by atoms with E-state index in [-0.39, 0.29) is 18.4 Å². The Labute approximate surface area is 201 Å². The van der Waals surface area contributed by atoms with Crippen LogP contribution in [0.1, 0.15) is 32.7 Å². The normalized spacial score (nSPS) is 18.5. The zero-order valence-electron chi connectivity index (χ0n) is 18.3. The maximum Gasteiger partial charge on any atom is 0.411 e. The summed E-state index contributed by atoms with van der Waals surface area (Å²) in [6, 6.07) is 19.8. The number of carbonyl (C=O) groups excluding carboxylic acids is 3. The summed E-state index contributed by atoms with van der Waals surface area (Å²) in [5, 5.41) is 2.94. The molecule has 0 saturated carbocycles. The lowest BCUT2D eigenvalue weighted by Gasteiger charge is -2.24. The number of hydrogen-bond donors (Lipinski definition) is 1. The number of esters is 1. The number of ether oxygens (including phenoxy) is 2. The number of fused-ring (bicyclic) bond motifs is 2. The summed E-state index contributed by atoms with van der Waals surface area (Å²) in [4.78, 5) is 38.8. The van der Waals surface area contributed by atoms with Gasteiger partial charge >= 0.3 is 12.1 Å². The summed E-state index contributed by atoms with van der Waals surface area (Å²) >= 11 is 6.53. The van der Waals surface area contributed by atoms with Crippen molar-refractivity contribution < 1.29 is 23.9 Å². The predicted molar refractivity (Wildman–Crippen MR) is 127 cm³/mol. The minimum Gasteiger partial charge on any atom is -0.453 e. The van der Waals surface area contributed by atoms with Gasteiger partial charge in [-0.1, -0.05) is 48.0 Å². The highest BCUT2D eigenvalue weighted by atomic mass is 35.5. The van der Waals surface area contributed by atoms with Crippen molar-refractivity contribution in [2.45, 2.75) is 12.0 Å². The Bertz CT molecular complexity index is 1320. The van der Waals surface area contributed by atoms with Gasteiger partial charge in [0, 0.05) is 24.2 Å². The molecule has 0 bridgehead atoms. The predicted octanol–water partition coefficient (Wildman–Crippen LogP) is 5.10. The lowest BCUT2D eigenvalue weighted by atomic mass is 9.91. The maximum absolute atomic E-state index is 13.3. The van der Waals surface area contributed by atoms with Crippen molar-refractivity contribution in [2.24, 2.45) is 0 Å². The van der Waals surface area contributed by atoms with E-state index in [1.54, 1.807) is 47.4 Å². The fourth-order valence-corrected chi connectivity index (χ4v) is 4.85. The lowest BCUT2D eigenvalue weighted by molar-refractivity contribution is -0.00306. The molecule has 172 valence electrons. The molecule has 1 spiro atoms. The molecule has 5 rings (SSSR count). The summed E-state index contributed by atoms with van der Waals surface area (Å²) in [7, 11) is 1.30. The molecule has 7 nitrogen and oxygen atoms in total. The Hall–Kier alpha value is -3.84. The highest BCUT2D eigenvalue weighted by Gasteiger charge is 2.51. The molecule has 0 aliphatic carbocycles. The van der Waals surface area contributed by atoms with E-state index in [4.69, 9.17) is 16.3 Å². The molecule has 1 N–H and O–H groups in total. The van der Waals surface area contributed by atoms with Gasteiger partial charge in [0.1, 0.15) is 0 Å². The first kappa shape index (κ1) is 22.0. The number of carbonyl (C=O) groups is 3. The zero-order chi connectivity index (χ0) is 23.9. The third-order valence-corrected chi connectivity index (χ3v) is 6.58. The number of rotatable bonds is 3. The minimum absolute atomic E-state index is 0.213. The van der Waals surface area contributed by atoms with Crippen LogP contribution in [0.2, 0.25) is 5.02 Å². The van der Waals surface area contributed by atoms with Crippen LogP contribution in [0, 0.1) is 0 Å². The van der Waals surface area contributed by atoms with Gasteiger partial charge in [0.05, 0.1) is 29.8 Å². The molecule has 2 heterocycles. The number of methoxy groups -OCH3 is 1. The molecule has 8 heteroatoms. The minimum atomic E-state index is -0.803. The van der Waals surface area contributed by atoms with Crippen LogP contribution < -0.4 is 5.32 Å². The molecular weight excluding hydrogens is 456 g/mol. The van der Waals surface area contributed by atoms with Gasteiger partial charge in [0.25, 0.3) is 5.91 Å². The Morgan fingerprint density at radius 3 is 2.65 bits per heavy atom. The van der Waals surface area contributed by atoms with E-state index >= 15 is 0 Å². The van der Waals surface area contributed by atoms with Gasteiger partial charge in [-0.2, -0.15) is 0 Å².